The summed E-state index contributed by atoms with van der Waals surface area (Å²) in [5.41, 5.74) is 2.85. The van der Waals surface area contributed by atoms with Gasteiger partial charge in [0, 0.05) is 7.05 Å². The smallest absolute Gasteiger partial charge is 0.261 e. The van der Waals surface area contributed by atoms with E-state index in [2.05, 4.69) is 15.3 Å². The molecule has 3 aromatic heterocycles. The number of para-hydroxylation sites is 1. The zero-order valence-electron chi connectivity index (χ0n) is 14.2. The van der Waals surface area contributed by atoms with E-state index in [1.54, 1.807) is 42.3 Å². The van der Waals surface area contributed by atoms with Gasteiger partial charge in [-0.1, -0.05) is 23.4 Å². The van der Waals surface area contributed by atoms with Crippen LogP contribution in [-0.4, -0.2) is 28.9 Å². The van der Waals surface area contributed by atoms with Crippen LogP contribution in [0.3, 0.4) is 0 Å². The molecule has 7 nitrogen and oxygen atoms in total. The molecule has 0 amide bonds. The van der Waals surface area contributed by atoms with Crippen LogP contribution in [0.15, 0.2) is 65.8 Å². The second-order valence-corrected chi connectivity index (χ2v) is 6.20. The third-order valence-corrected chi connectivity index (χ3v) is 4.57. The lowest BCUT2D eigenvalue weighted by atomic mass is 10.2. The zero-order chi connectivity index (χ0) is 18.5. The lowest BCUT2D eigenvalue weighted by Gasteiger charge is -2.07. The van der Waals surface area contributed by atoms with E-state index in [1.807, 2.05) is 22.6 Å². The number of halogens is 1. The summed E-state index contributed by atoms with van der Waals surface area (Å²) in [4.78, 5) is 17.2. The molecule has 0 unspecified atom stereocenters. The molecule has 0 aliphatic carbocycles. The predicted molar refractivity (Wildman–Crippen MR) is 98.3 cm³/mol. The van der Waals surface area contributed by atoms with Gasteiger partial charge in [0.2, 0.25) is 0 Å². The van der Waals surface area contributed by atoms with E-state index in [0.29, 0.717) is 28.1 Å². The number of nitrogens with zero attached hydrogens (tertiary/aromatic N) is 6. The molecule has 8 heteroatoms. The number of aromatic nitrogens is 6. The van der Waals surface area contributed by atoms with Crippen molar-refractivity contribution in [1.29, 1.82) is 0 Å². The monoisotopic (exact) mass is 360 g/mol. The minimum Gasteiger partial charge on any atom is -0.295 e. The molecule has 5 rings (SSSR count). The Labute approximate surface area is 151 Å². The Kier molecular flexibility index (Phi) is 3.20. The van der Waals surface area contributed by atoms with Gasteiger partial charge in [-0.2, -0.15) is 0 Å². The first-order valence-electron chi connectivity index (χ1n) is 8.27. The molecule has 0 fully saturated rings. The maximum absolute atomic E-state index is 13.5. The molecule has 0 spiro atoms. The van der Waals surface area contributed by atoms with Crippen LogP contribution in [0.2, 0.25) is 0 Å². The van der Waals surface area contributed by atoms with Crippen LogP contribution in [0, 0.1) is 5.82 Å². The summed E-state index contributed by atoms with van der Waals surface area (Å²) in [7, 11) is 1.70. The Hall–Kier alpha value is -3.81. The molecule has 0 N–H and O–H groups in total. The molecule has 0 aliphatic rings. The Morgan fingerprint density at radius 2 is 1.93 bits per heavy atom. The van der Waals surface area contributed by atoms with Gasteiger partial charge < -0.3 is 0 Å². The van der Waals surface area contributed by atoms with Gasteiger partial charge in [-0.05, 0) is 30.3 Å². The Morgan fingerprint density at radius 3 is 2.78 bits per heavy atom. The lowest BCUT2D eigenvalue weighted by molar-refractivity contribution is 0.625. The summed E-state index contributed by atoms with van der Waals surface area (Å²) in [6.45, 7) is 0. The molecule has 132 valence electrons. The van der Waals surface area contributed by atoms with Crippen molar-refractivity contribution in [3.63, 3.8) is 0 Å². The second kappa shape index (κ2) is 5.60. The zero-order valence-corrected chi connectivity index (χ0v) is 14.2. The Balaban J connectivity index is 1.74. The molecule has 0 atom stereocenters. The van der Waals surface area contributed by atoms with E-state index in [4.69, 9.17) is 0 Å². The highest BCUT2D eigenvalue weighted by molar-refractivity contribution is 5.84. The van der Waals surface area contributed by atoms with Crippen LogP contribution in [0.5, 0.6) is 0 Å². The number of fused-ring (bicyclic) bond motifs is 3. The van der Waals surface area contributed by atoms with Crippen molar-refractivity contribution >= 4 is 16.6 Å². The fraction of sp³-hybridized carbons (Fsp3) is 0.0526. The predicted octanol–water partition coefficient (Wildman–Crippen LogP) is 2.57. The average molecular weight is 360 g/mol. The highest BCUT2D eigenvalue weighted by atomic mass is 19.1. The normalized spacial score (nSPS) is 11.5. The molecule has 5 aromatic rings. The molecule has 0 bridgehead atoms. The van der Waals surface area contributed by atoms with Crippen LogP contribution < -0.4 is 5.56 Å². The number of imidazole rings is 1. The Morgan fingerprint density at radius 1 is 1.07 bits per heavy atom. The Bertz CT molecular complexity index is 1380. The summed E-state index contributed by atoms with van der Waals surface area (Å²) in [6.07, 6.45) is 3.32. The van der Waals surface area contributed by atoms with E-state index in [-0.39, 0.29) is 11.4 Å². The van der Waals surface area contributed by atoms with Gasteiger partial charge in [0.1, 0.15) is 29.2 Å². The van der Waals surface area contributed by atoms with E-state index in [1.165, 1.54) is 16.8 Å². The van der Waals surface area contributed by atoms with Crippen molar-refractivity contribution in [3.05, 3.63) is 77.2 Å². The molecule has 0 saturated heterocycles. The van der Waals surface area contributed by atoms with E-state index < -0.39 is 0 Å². The fourth-order valence-electron chi connectivity index (χ4n) is 3.28. The fourth-order valence-corrected chi connectivity index (χ4v) is 3.28. The third kappa shape index (κ3) is 2.27. The molecule has 0 saturated carbocycles. The van der Waals surface area contributed by atoms with Gasteiger partial charge >= 0.3 is 0 Å². The van der Waals surface area contributed by atoms with Gasteiger partial charge in [0.05, 0.1) is 22.8 Å². The number of aryl methyl sites for hydroxylation is 1. The number of benzene rings is 2. The quantitative estimate of drug-likeness (QED) is 0.485. The standard InChI is InChI=1S/C19H13FN6O/c1-24-18-17(15-10-26(23-22-15)13-6-4-5-12(20)9-13)21-11-25(18)16-8-3-2-7-14(16)19(24)27/h2-11H,1H3. The summed E-state index contributed by atoms with van der Waals surface area (Å²) < 4.78 is 18.3. The number of hydrogen-bond acceptors (Lipinski definition) is 4. The largest absolute Gasteiger partial charge is 0.295 e. The average Bonchev–Trinajstić information content (AvgIpc) is 3.33. The minimum absolute atomic E-state index is 0.114. The summed E-state index contributed by atoms with van der Waals surface area (Å²) in [5.74, 6) is -0.356. The first-order chi connectivity index (χ1) is 13.1. The first kappa shape index (κ1) is 15.4. The van der Waals surface area contributed by atoms with Crippen molar-refractivity contribution in [2.24, 2.45) is 7.05 Å². The van der Waals surface area contributed by atoms with E-state index in [9.17, 15) is 9.18 Å². The molecular weight excluding hydrogens is 347 g/mol. The van der Waals surface area contributed by atoms with Gasteiger partial charge in [-0.25, -0.2) is 14.1 Å². The molecule has 3 heterocycles. The second-order valence-electron chi connectivity index (χ2n) is 6.20. The molecule has 0 aliphatic heterocycles. The highest BCUT2D eigenvalue weighted by Crippen LogP contribution is 2.23. The number of rotatable bonds is 2. The van der Waals surface area contributed by atoms with Crippen molar-refractivity contribution in [2.75, 3.05) is 0 Å². The van der Waals surface area contributed by atoms with Gasteiger partial charge in [0.25, 0.3) is 5.56 Å². The van der Waals surface area contributed by atoms with Crippen molar-refractivity contribution in [3.8, 4) is 17.1 Å². The van der Waals surface area contributed by atoms with Gasteiger partial charge in [-0.3, -0.25) is 13.8 Å². The van der Waals surface area contributed by atoms with E-state index in [0.717, 1.165) is 5.52 Å². The summed E-state index contributed by atoms with van der Waals surface area (Å²) >= 11 is 0. The summed E-state index contributed by atoms with van der Waals surface area (Å²) in [6, 6.07) is 13.4. The van der Waals surface area contributed by atoms with E-state index >= 15 is 0 Å². The number of hydrogen-bond donors (Lipinski definition) is 0. The molecule has 0 radical (unpaired) electrons. The van der Waals surface area contributed by atoms with Crippen LogP contribution >= 0.6 is 0 Å². The SMILES string of the molecule is Cn1c(=O)c2ccccc2n2cnc(-c3cn(-c4cccc(F)c4)nn3)c12. The van der Waals surface area contributed by atoms with Crippen LogP contribution in [0.1, 0.15) is 0 Å². The molecule has 2 aromatic carbocycles. The van der Waals surface area contributed by atoms with Crippen LogP contribution in [-0.2, 0) is 7.05 Å². The van der Waals surface area contributed by atoms with Crippen LogP contribution in [0.25, 0.3) is 33.6 Å². The topological polar surface area (TPSA) is 70.0 Å². The molecular formula is C19H13FN6O. The third-order valence-electron chi connectivity index (χ3n) is 4.57. The highest BCUT2D eigenvalue weighted by Gasteiger charge is 2.17. The van der Waals surface area contributed by atoms with Crippen molar-refractivity contribution in [1.82, 2.24) is 28.9 Å². The molecule has 27 heavy (non-hydrogen) atoms. The van der Waals surface area contributed by atoms with Gasteiger partial charge in [-0.15, -0.1) is 5.10 Å². The van der Waals surface area contributed by atoms with Gasteiger partial charge in [0.15, 0.2) is 0 Å². The maximum Gasteiger partial charge on any atom is 0.261 e. The van der Waals surface area contributed by atoms with Crippen molar-refractivity contribution < 1.29 is 4.39 Å². The van der Waals surface area contributed by atoms with Crippen LogP contribution in [0.4, 0.5) is 4.39 Å². The first-order valence-corrected chi connectivity index (χ1v) is 8.27. The minimum atomic E-state index is -0.356. The maximum atomic E-state index is 13.5. The lowest BCUT2D eigenvalue weighted by Crippen LogP contribution is -2.19. The van der Waals surface area contributed by atoms with Crippen molar-refractivity contribution in [2.45, 2.75) is 0 Å². The summed E-state index contributed by atoms with van der Waals surface area (Å²) in [5, 5.41) is 8.84.